The average Bonchev–Trinajstić information content (AvgIpc) is 2.61. The van der Waals surface area contributed by atoms with Crippen LogP contribution in [0, 0.1) is 6.92 Å². The van der Waals surface area contributed by atoms with E-state index >= 15 is 0 Å². The highest BCUT2D eigenvalue weighted by Gasteiger charge is 2.26. The quantitative estimate of drug-likeness (QED) is 0.366. The summed E-state index contributed by atoms with van der Waals surface area (Å²) in [4.78, 5) is 12.4. The van der Waals surface area contributed by atoms with Crippen LogP contribution in [0.1, 0.15) is 81.8 Å². The van der Waals surface area contributed by atoms with E-state index in [1.165, 1.54) is 0 Å². The maximum Gasteiger partial charge on any atom is 0.338 e. The molecule has 0 saturated heterocycles. The van der Waals surface area contributed by atoms with Gasteiger partial charge in [-0.3, -0.25) is 0 Å². The largest absolute Gasteiger partial charge is 0.423 e. The van der Waals surface area contributed by atoms with Gasteiger partial charge < -0.3 is 9.84 Å². The maximum absolute atomic E-state index is 12.4. The Morgan fingerprint density at radius 3 is 2.10 bits per heavy atom. The van der Waals surface area contributed by atoms with Gasteiger partial charge in [-0.05, 0) is 46.9 Å². The molecule has 0 amide bonds. The third kappa shape index (κ3) is 5.40. The van der Waals surface area contributed by atoms with E-state index in [0.29, 0.717) is 17.7 Å². The summed E-state index contributed by atoms with van der Waals surface area (Å²) in [6.07, 6.45) is 0.573. The zero-order valence-electron chi connectivity index (χ0n) is 19.8. The smallest absolute Gasteiger partial charge is 0.338 e. The summed E-state index contributed by atoms with van der Waals surface area (Å²) >= 11 is 0. The molecule has 0 spiro atoms. The molecule has 0 heterocycles. The minimum atomic E-state index is -0.420. The van der Waals surface area contributed by atoms with Gasteiger partial charge >= 0.3 is 5.97 Å². The highest BCUT2D eigenvalue weighted by molar-refractivity contribution is 5.89. The fourth-order valence-corrected chi connectivity index (χ4v) is 3.73. The van der Waals surface area contributed by atoms with Gasteiger partial charge in [0.1, 0.15) is 5.75 Å². The number of carbonyl (C=O) groups is 1. The molecule has 30 heavy (non-hydrogen) atoms. The van der Waals surface area contributed by atoms with Crippen LogP contribution in [0.25, 0.3) is 0 Å². The molecule has 3 nitrogen and oxygen atoms in total. The van der Waals surface area contributed by atoms with Crippen LogP contribution in [-0.2, 0) is 28.7 Å². The summed E-state index contributed by atoms with van der Waals surface area (Å²) in [5, 5.41) is 10.2. The van der Waals surface area contributed by atoms with Crippen LogP contribution < -0.4 is 4.74 Å². The molecule has 0 unspecified atom stereocenters. The molecule has 0 bridgehead atoms. The number of aliphatic hydroxyl groups is 1. The van der Waals surface area contributed by atoms with Gasteiger partial charge in [0.05, 0.1) is 6.61 Å². The summed E-state index contributed by atoms with van der Waals surface area (Å²) in [7, 11) is 0. The molecule has 0 aliphatic heterocycles. The molecule has 162 valence electrons. The number of aryl methyl sites for hydroxylation is 1. The molecule has 2 aromatic rings. The van der Waals surface area contributed by atoms with Gasteiger partial charge in [-0.25, -0.2) is 4.79 Å². The van der Waals surface area contributed by atoms with E-state index in [1.807, 2.05) is 12.1 Å². The Bertz CT molecular complexity index is 953. The Kier molecular flexibility index (Phi) is 6.98. The second kappa shape index (κ2) is 8.77. The van der Waals surface area contributed by atoms with Crippen LogP contribution in [0.5, 0.6) is 5.75 Å². The minimum Gasteiger partial charge on any atom is -0.423 e. The number of benzene rings is 2. The van der Waals surface area contributed by atoms with Crippen molar-refractivity contribution in [2.45, 2.75) is 79.2 Å². The first-order valence-corrected chi connectivity index (χ1v) is 10.5. The Morgan fingerprint density at radius 1 is 1.00 bits per heavy atom. The van der Waals surface area contributed by atoms with Crippen molar-refractivity contribution < 1.29 is 14.6 Å². The van der Waals surface area contributed by atoms with Crippen molar-refractivity contribution in [1.82, 2.24) is 0 Å². The lowest BCUT2D eigenvalue weighted by Crippen LogP contribution is -2.19. The zero-order valence-corrected chi connectivity index (χ0v) is 19.8. The Balaban J connectivity index is 2.69. The Morgan fingerprint density at radius 2 is 1.60 bits per heavy atom. The molecule has 0 aliphatic rings. The van der Waals surface area contributed by atoms with E-state index in [9.17, 15) is 9.90 Å². The molecular formula is C27H36O3. The molecule has 0 radical (unpaired) electrons. The lowest BCUT2D eigenvalue weighted by atomic mass is 9.80. The Hall–Kier alpha value is -2.39. The van der Waals surface area contributed by atoms with Gasteiger partial charge in [-0.2, -0.15) is 0 Å². The molecule has 0 saturated carbocycles. The number of carbonyl (C=O) groups excluding carboxylic acids is 1. The van der Waals surface area contributed by atoms with Crippen molar-refractivity contribution in [3.63, 3.8) is 0 Å². The van der Waals surface area contributed by atoms with Crippen molar-refractivity contribution in [2.24, 2.45) is 0 Å². The standard InChI is InChI=1S/C27H36O3/c1-17(2)25(29)30-24-20(13-18(3)14-23(24)27(7,8)9)15-19-11-10-12-22(21(19)16-28)26(4,5)6/h10-14,28H,1,15-16H2,2-9H3. The molecule has 0 aliphatic carbocycles. The van der Waals surface area contributed by atoms with Crippen molar-refractivity contribution >= 4 is 5.97 Å². The summed E-state index contributed by atoms with van der Waals surface area (Å²) in [5.74, 6) is 0.183. The minimum absolute atomic E-state index is 0.0262. The van der Waals surface area contributed by atoms with Gasteiger partial charge in [0.15, 0.2) is 0 Å². The van der Waals surface area contributed by atoms with Crippen LogP contribution in [0.3, 0.4) is 0 Å². The van der Waals surface area contributed by atoms with Crippen molar-refractivity contribution in [1.29, 1.82) is 0 Å². The SMILES string of the molecule is C=C(C)C(=O)Oc1c(Cc2cccc(C(C)(C)C)c2CO)cc(C)cc1C(C)(C)C. The van der Waals surface area contributed by atoms with Gasteiger partial charge in [0.25, 0.3) is 0 Å². The van der Waals surface area contributed by atoms with Gasteiger partial charge in [0, 0.05) is 17.6 Å². The fourth-order valence-electron chi connectivity index (χ4n) is 3.73. The molecule has 1 N–H and O–H groups in total. The molecular weight excluding hydrogens is 372 g/mol. The number of hydrogen-bond donors (Lipinski definition) is 1. The summed E-state index contributed by atoms with van der Waals surface area (Å²) in [5.41, 5.74) is 6.26. The number of esters is 1. The summed E-state index contributed by atoms with van der Waals surface area (Å²) in [6, 6.07) is 10.3. The number of rotatable bonds is 5. The normalized spacial score (nSPS) is 12.0. The summed E-state index contributed by atoms with van der Waals surface area (Å²) in [6.45, 7) is 20.2. The molecule has 0 atom stereocenters. The number of ether oxygens (including phenoxy) is 1. The highest BCUT2D eigenvalue weighted by atomic mass is 16.5. The molecule has 2 rings (SSSR count). The van der Waals surface area contributed by atoms with Crippen LogP contribution in [0.4, 0.5) is 0 Å². The fraction of sp³-hybridized carbons (Fsp3) is 0.444. The summed E-state index contributed by atoms with van der Waals surface area (Å²) < 4.78 is 5.86. The van der Waals surface area contributed by atoms with Gasteiger partial charge in [-0.15, -0.1) is 0 Å². The van der Waals surface area contributed by atoms with Crippen molar-refractivity contribution in [3.05, 3.63) is 75.9 Å². The second-order valence-corrected chi connectivity index (χ2v) is 10.2. The third-order valence-electron chi connectivity index (χ3n) is 5.28. The van der Waals surface area contributed by atoms with E-state index in [2.05, 4.69) is 73.2 Å². The van der Waals surface area contributed by atoms with E-state index in [0.717, 1.165) is 33.4 Å². The monoisotopic (exact) mass is 408 g/mol. The van der Waals surface area contributed by atoms with E-state index in [1.54, 1.807) is 6.92 Å². The molecule has 3 heteroatoms. The van der Waals surface area contributed by atoms with Crippen LogP contribution in [0.15, 0.2) is 42.5 Å². The Labute approximate surface area is 181 Å². The first-order chi connectivity index (χ1) is 13.8. The predicted molar refractivity (Wildman–Crippen MR) is 124 cm³/mol. The number of aliphatic hydroxyl groups excluding tert-OH is 1. The van der Waals surface area contributed by atoms with Crippen molar-refractivity contribution in [2.75, 3.05) is 0 Å². The first kappa shape index (κ1) is 23.9. The van der Waals surface area contributed by atoms with Gasteiger partial charge in [-0.1, -0.05) is 84.0 Å². The van der Waals surface area contributed by atoms with Crippen molar-refractivity contribution in [3.8, 4) is 5.75 Å². The van der Waals surface area contributed by atoms with E-state index in [4.69, 9.17) is 4.74 Å². The average molecular weight is 409 g/mol. The van der Waals surface area contributed by atoms with E-state index in [-0.39, 0.29) is 17.4 Å². The van der Waals surface area contributed by atoms with Crippen LogP contribution in [0.2, 0.25) is 0 Å². The lowest BCUT2D eigenvalue weighted by Gasteiger charge is -2.27. The van der Waals surface area contributed by atoms with Crippen LogP contribution in [-0.4, -0.2) is 11.1 Å². The van der Waals surface area contributed by atoms with Crippen LogP contribution >= 0.6 is 0 Å². The highest BCUT2D eigenvalue weighted by Crippen LogP contribution is 2.38. The van der Waals surface area contributed by atoms with Gasteiger partial charge in [0.2, 0.25) is 0 Å². The molecule has 2 aromatic carbocycles. The molecule has 0 fully saturated rings. The lowest BCUT2D eigenvalue weighted by molar-refractivity contribution is -0.130. The number of hydrogen-bond acceptors (Lipinski definition) is 3. The topological polar surface area (TPSA) is 46.5 Å². The molecule has 0 aromatic heterocycles. The zero-order chi connectivity index (χ0) is 22.9. The second-order valence-electron chi connectivity index (χ2n) is 10.2. The first-order valence-electron chi connectivity index (χ1n) is 10.5. The predicted octanol–water partition coefficient (Wildman–Crippen LogP) is 6.15. The third-order valence-corrected chi connectivity index (χ3v) is 5.28. The maximum atomic E-state index is 12.4. The van der Waals surface area contributed by atoms with E-state index < -0.39 is 5.97 Å².